The Bertz CT molecular complexity index is 1500. The van der Waals surface area contributed by atoms with Crippen molar-refractivity contribution < 1.29 is 19.4 Å². The van der Waals surface area contributed by atoms with Crippen LogP contribution >= 0.6 is 11.8 Å². The highest BCUT2D eigenvalue weighted by Crippen LogP contribution is 2.33. The van der Waals surface area contributed by atoms with Gasteiger partial charge < -0.3 is 15.2 Å². The summed E-state index contributed by atoms with van der Waals surface area (Å²) in [7, 11) is 0. The van der Waals surface area contributed by atoms with Crippen LogP contribution in [0.3, 0.4) is 0 Å². The Morgan fingerprint density at radius 3 is 2.33 bits per heavy atom. The summed E-state index contributed by atoms with van der Waals surface area (Å²) in [4.78, 5) is 28.6. The second-order valence-electron chi connectivity index (χ2n) is 8.23. The van der Waals surface area contributed by atoms with E-state index in [0.717, 1.165) is 21.9 Å². The van der Waals surface area contributed by atoms with Gasteiger partial charge >= 0.3 is 5.97 Å². The Morgan fingerprint density at radius 1 is 0.917 bits per heavy atom. The molecule has 6 nitrogen and oxygen atoms in total. The zero-order valence-corrected chi connectivity index (χ0v) is 20.0. The maximum absolute atomic E-state index is 12.7. The van der Waals surface area contributed by atoms with Gasteiger partial charge in [0.05, 0.1) is 17.0 Å². The zero-order chi connectivity index (χ0) is 24.9. The van der Waals surface area contributed by atoms with E-state index in [1.807, 2.05) is 72.8 Å². The lowest BCUT2D eigenvalue weighted by Gasteiger charge is -2.12. The van der Waals surface area contributed by atoms with Crippen LogP contribution in [-0.2, 0) is 22.6 Å². The molecule has 0 saturated carbocycles. The molecule has 178 valence electrons. The Balaban J connectivity index is 1.41. The number of carboxylic acid groups (broad SMARTS) is 1. The van der Waals surface area contributed by atoms with Gasteiger partial charge in [-0.05, 0) is 64.0 Å². The monoisotopic (exact) mass is 494 g/mol. The summed E-state index contributed by atoms with van der Waals surface area (Å²) in [5.74, 6) is -0.426. The third-order valence-corrected chi connectivity index (χ3v) is 6.48. The van der Waals surface area contributed by atoms with E-state index in [2.05, 4.69) is 10.3 Å². The van der Waals surface area contributed by atoms with Gasteiger partial charge in [0.1, 0.15) is 12.4 Å². The number of aliphatic imine (C=N–C) groups is 1. The van der Waals surface area contributed by atoms with Crippen LogP contribution in [0.25, 0.3) is 16.8 Å². The van der Waals surface area contributed by atoms with Gasteiger partial charge in [-0.3, -0.25) is 9.59 Å². The summed E-state index contributed by atoms with van der Waals surface area (Å²) >= 11 is 1.25. The number of fused-ring (bicyclic) bond motifs is 1. The summed E-state index contributed by atoms with van der Waals surface area (Å²) in [6, 6.07) is 28.9. The first-order valence-electron chi connectivity index (χ1n) is 11.3. The van der Waals surface area contributed by atoms with Gasteiger partial charge in [-0.1, -0.05) is 66.7 Å². The molecule has 0 aromatic heterocycles. The van der Waals surface area contributed by atoms with E-state index >= 15 is 0 Å². The summed E-state index contributed by atoms with van der Waals surface area (Å²) < 4.78 is 6.18. The van der Waals surface area contributed by atoms with Gasteiger partial charge in [-0.25, -0.2) is 4.99 Å². The number of carbonyl (C=O) groups excluding carboxylic acids is 1. The molecule has 7 heteroatoms. The Morgan fingerprint density at radius 2 is 1.61 bits per heavy atom. The molecule has 0 atom stereocenters. The van der Waals surface area contributed by atoms with Crippen molar-refractivity contribution in [3.63, 3.8) is 0 Å². The number of hydrogen-bond acceptors (Lipinski definition) is 5. The van der Waals surface area contributed by atoms with Crippen molar-refractivity contribution in [1.29, 1.82) is 0 Å². The number of hydrogen-bond donors (Lipinski definition) is 2. The Hall–Kier alpha value is -4.36. The molecule has 1 aliphatic rings. The summed E-state index contributed by atoms with van der Waals surface area (Å²) in [5, 5.41) is 14.3. The van der Waals surface area contributed by atoms with Crippen molar-refractivity contribution >= 4 is 51.3 Å². The Kier molecular flexibility index (Phi) is 6.82. The number of nitrogens with zero attached hydrogens (tertiary/aromatic N) is 1. The van der Waals surface area contributed by atoms with E-state index in [0.29, 0.717) is 33.7 Å². The van der Waals surface area contributed by atoms with Crippen LogP contribution in [0.1, 0.15) is 16.7 Å². The fourth-order valence-corrected chi connectivity index (χ4v) is 4.64. The van der Waals surface area contributed by atoms with Crippen LogP contribution in [0.5, 0.6) is 5.75 Å². The maximum atomic E-state index is 12.7. The van der Waals surface area contributed by atoms with Crippen molar-refractivity contribution in [1.82, 2.24) is 5.32 Å². The topological polar surface area (TPSA) is 88.0 Å². The number of amides is 1. The highest BCUT2D eigenvalue weighted by molar-refractivity contribution is 8.18. The van der Waals surface area contributed by atoms with Gasteiger partial charge in [-0.15, -0.1) is 0 Å². The molecule has 1 aliphatic heterocycles. The SMILES string of the molecule is O=C(O)Cc1ccc(N=C2NC(=O)C(=Cc3cc4ccccc4cc3OCc3ccccc3)S2)cc1. The lowest BCUT2D eigenvalue weighted by atomic mass is 10.1. The van der Waals surface area contributed by atoms with E-state index in [4.69, 9.17) is 9.84 Å². The van der Waals surface area contributed by atoms with Gasteiger partial charge in [0.25, 0.3) is 5.91 Å². The van der Waals surface area contributed by atoms with Crippen molar-refractivity contribution in [2.45, 2.75) is 13.0 Å². The van der Waals surface area contributed by atoms with Crippen LogP contribution in [0.4, 0.5) is 5.69 Å². The molecule has 4 aromatic carbocycles. The number of carbonyl (C=O) groups is 2. The van der Waals surface area contributed by atoms with Crippen molar-refractivity contribution in [3.8, 4) is 5.75 Å². The minimum Gasteiger partial charge on any atom is -0.488 e. The Labute approximate surface area is 212 Å². The normalized spacial score (nSPS) is 15.4. The van der Waals surface area contributed by atoms with E-state index < -0.39 is 5.97 Å². The fraction of sp³-hybridized carbons (Fsp3) is 0.0690. The molecule has 1 amide bonds. The lowest BCUT2D eigenvalue weighted by molar-refractivity contribution is -0.136. The van der Waals surface area contributed by atoms with E-state index in [-0.39, 0.29) is 12.3 Å². The van der Waals surface area contributed by atoms with Gasteiger partial charge in [0.2, 0.25) is 0 Å². The molecule has 0 bridgehead atoms. The van der Waals surface area contributed by atoms with E-state index in [1.54, 1.807) is 24.3 Å². The quantitative estimate of drug-likeness (QED) is 0.311. The highest BCUT2D eigenvalue weighted by atomic mass is 32.2. The smallest absolute Gasteiger partial charge is 0.307 e. The molecule has 4 aromatic rings. The number of carboxylic acids is 1. The number of amidine groups is 1. The molecule has 1 saturated heterocycles. The van der Waals surface area contributed by atoms with E-state index in [1.165, 1.54) is 11.8 Å². The summed E-state index contributed by atoms with van der Waals surface area (Å²) in [6.45, 7) is 0.416. The molecule has 0 aliphatic carbocycles. The van der Waals surface area contributed by atoms with E-state index in [9.17, 15) is 9.59 Å². The minimum atomic E-state index is -0.886. The maximum Gasteiger partial charge on any atom is 0.307 e. The van der Waals surface area contributed by atoms with Crippen LogP contribution < -0.4 is 10.1 Å². The third kappa shape index (κ3) is 5.64. The second-order valence-corrected chi connectivity index (χ2v) is 9.26. The predicted molar refractivity (Wildman–Crippen MR) is 143 cm³/mol. The van der Waals surface area contributed by atoms with Crippen LogP contribution in [0.15, 0.2) is 101 Å². The van der Waals surface area contributed by atoms with Gasteiger partial charge in [0, 0.05) is 5.56 Å². The lowest BCUT2D eigenvalue weighted by Crippen LogP contribution is -2.19. The minimum absolute atomic E-state index is 0.0460. The fourth-order valence-electron chi connectivity index (χ4n) is 3.81. The number of rotatable bonds is 7. The zero-order valence-electron chi connectivity index (χ0n) is 19.2. The highest BCUT2D eigenvalue weighted by Gasteiger charge is 2.24. The number of nitrogens with one attached hydrogen (secondary N) is 1. The average Bonchev–Trinajstić information content (AvgIpc) is 3.22. The van der Waals surface area contributed by atoms with Crippen molar-refractivity contribution in [3.05, 3.63) is 113 Å². The summed E-state index contributed by atoms with van der Waals surface area (Å²) in [6.07, 6.45) is 1.78. The van der Waals surface area contributed by atoms with Crippen LogP contribution in [0.2, 0.25) is 0 Å². The molecular weight excluding hydrogens is 472 g/mol. The largest absolute Gasteiger partial charge is 0.488 e. The predicted octanol–water partition coefficient (Wildman–Crippen LogP) is 5.94. The molecule has 2 N–H and O–H groups in total. The summed E-state index contributed by atoms with van der Waals surface area (Å²) in [5.41, 5.74) is 3.18. The molecule has 36 heavy (non-hydrogen) atoms. The van der Waals surface area contributed by atoms with Crippen molar-refractivity contribution in [2.24, 2.45) is 4.99 Å². The first-order chi connectivity index (χ1) is 17.5. The van der Waals surface area contributed by atoms with Gasteiger partial charge in [-0.2, -0.15) is 0 Å². The van der Waals surface area contributed by atoms with Crippen molar-refractivity contribution in [2.75, 3.05) is 0 Å². The first kappa shape index (κ1) is 23.4. The third-order valence-electron chi connectivity index (χ3n) is 5.58. The number of thioether (sulfide) groups is 1. The first-order valence-corrected chi connectivity index (χ1v) is 12.1. The molecule has 0 unspecified atom stereocenters. The molecule has 1 fully saturated rings. The number of aliphatic carboxylic acids is 1. The number of benzene rings is 4. The van der Waals surface area contributed by atoms with Crippen LogP contribution in [-0.4, -0.2) is 22.2 Å². The van der Waals surface area contributed by atoms with Crippen LogP contribution in [0, 0.1) is 0 Å². The molecule has 0 radical (unpaired) electrons. The molecule has 0 spiro atoms. The molecule has 5 rings (SSSR count). The molecule has 1 heterocycles. The second kappa shape index (κ2) is 10.5. The number of ether oxygens (including phenoxy) is 1. The van der Waals surface area contributed by atoms with Gasteiger partial charge in [0.15, 0.2) is 5.17 Å². The average molecular weight is 495 g/mol. The standard InChI is InChI=1S/C29H22N2O4S/c32-27(33)14-19-10-12-24(13-11-19)30-29-31-28(34)26(36-29)17-23-15-21-8-4-5-9-22(21)16-25(23)35-18-20-6-2-1-3-7-20/h1-13,15-17H,14,18H2,(H,32,33)(H,30,31,34). The molecular formula is C29H22N2O4S.